The molecule has 100 valence electrons. The van der Waals surface area contributed by atoms with Crippen molar-refractivity contribution in [3.05, 3.63) is 28.8 Å². The van der Waals surface area contributed by atoms with Crippen molar-refractivity contribution in [1.82, 2.24) is 4.72 Å². The Morgan fingerprint density at radius 2 is 2.11 bits per heavy atom. The average molecular weight is 294 g/mol. The van der Waals surface area contributed by atoms with Gasteiger partial charge in [0.2, 0.25) is 10.0 Å². The second-order valence-electron chi connectivity index (χ2n) is 3.65. The molecule has 0 aromatic heterocycles. The molecule has 8 heteroatoms. The van der Waals surface area contributed by atoms with Gasteiger partial charge in [-0.1, -0.05) is 11.6 Å². The van der Waals surface area contributed by atoms with E-state index in [1.165, 1.54) is 19.1 Å². The molecule has 0 spiro atoms. The highest BCUT2D eigenvalue weighted by Gasteiger charge is 2.20. The molecule has 0 heterocycles. The van der Waals surface area contributed by atoms with Gasteiger partial charge in [0.25, 0.3) is 0 Å². The fourth-order valence-corrected chi connectivity index (χ4v) is 2.80. The lowest BCUT2D eigenvalue weighted by atomic mass is 10.2. The largest absolute Gasteiger partial charge is 0.478 e. The highest BCUT2D eigenvalue weighted by Crippen LogP contribution is 2.22. The van der Waals surface area contributed by atoms with Crippen molar-refractivity contribution >= 4 is 27.6 Å². The van der Waals surface area contributed by atoms with Crippen molar-refractivity contribution in [2.24, 2.45) is 0 Å². The minimum Gasteiger partial charge on any atom is -0.478 e. The molecule has 0 saturated carbocycles. The maximum Gasteiger partial charge on any atom is 0.335 e. The van der Waals surface area contributed by atoms with E-state index in [0.29, 0.717) is 0 Å². The van der Waals surface area contributed by atoms with Crippen molar-refractivity contribution in [1.29, 1.82) is 0 Å². The van der Waals surface area contributed by atoms with E-state index in [-0.39, 0.29) is 22.0 Å². The highest BCUT2D eigenvalue weighted by atomic mass is 35.5. The zero-order valence-corrected chi connectivity index (χ0v) is 11.0. The van der Waals surface area contributed by atoms with Gasteiger partial charge in [-0.05, 0) is 25.1 Å². The summed E-state index contributed by atoms with van der Waals surface area (Å²) in [5.74, 6) is -1.25. The van der Waals surface area contributed by atoms with Gasteiger partial charge in [-0.25, -0.2) is 17.9 Å². The molecule has 3 N–H and O–H groups in total. The Morgan fingerprint density at radius 1 is 1.50 bits per heavy atom. The topological polar surface area (TPSA) is 104 Å². The molecule has 1 unspecified atom stereocenters. The number of carbonyl (C=O) groups is 1. The molecule has 0 bridgehead atoms. The maximum absolute atomic E-state index is 11.8. The van der Waals surface area contributed by atoms with Crippen molar-refractivity contribution in [2.45, 2.75) is 17.9 Å². The van der Waals surface area contributed by atoms with Gasteiger partial charge in [-0.3, -0.25) is 0 Å². The Hall–Kier alpha value is -1.15. The standard InChI is InChI=1S/C10H12ClNO5S/c1-6(13)5-12-18(16,17)9-4-7(10(14)15)2-3-8(9)11/h2-4,6,12-13H,5H2,1H3,(H,14,15). The van der Waals surface area contributed by atoms with Gasteiger partial charge in [0.1, 0.15) is 4.90 Å². The number of hydrogen-bond acceptors (Lipinski definition) is 4. The lowest BCUT2D eigenvalue weighted by molar-refractivity contribution is 0.0696. The predicted octanol–water partition coefficient (Wildman–Crippen LogP) is 0.697. The van der Waals surface area contributed by atoms with E-state index in [4.69, 9.17) is 21.8 Å². The van der Waals surface area contributed by atoms with Crippen LogP contribution < -0.4 is 4.72 Å². The molecular formula is C10H12ClNO5S. The van der Waals surface area contributed by atoms with Crippen LogP contribution in [0.4, 0.5) is 0 Å². The molecular weight excluding hydrogens is 282 g/mol. The highest BCUT2D eigenvalue weighted by molar-refractivity contribution is 7.89. The van der Waals surface area contributed by atoms with Gasteiger partial charge in [-0.2, -0.15) is 0 Å². The van der Waals surface area contributed by atoms with Crippen LogP contribution in [0.1, 0.15) is 17.3 Å². The second-order valence-corrected chi connectivity index (χ2v) is 5.79. The SMILES string of the molecule is CC(O)CNS(=O)(=O)c1cc(C(=O)O)ccc1Cl. The van der Waals surface area contributed by atoms with Gasteiger partial charge in [0.05, 0.1) is 16.7 Å². The smallest absolute Gasteiger partial charge is 0.335 e. The summed E-state index contributed by atoms with van der Waals surface area (Å²) in [4.78, 5) is 10.4. The van der Waals surface area contributed by atoms with E-state index in [1.807, 2.05) is 0 Å². The van der Waals surface area contributed by atoms with Gasteiger partial charge >= 0.3 is 5.97 Å². The number of aromatic carboxylic acids is 1. The maximum atomic E-state index is 11.8. The van der Waals surface area contributed by atoms with Gasteiger partial charge in [-0.15, -0.1) is 0 Å². The Kier molecular flexibility index (Phi) is 4.69. The number of halogens is 1. The molecule has 1 rings (SSSR count). The number of aliphatic hydroxyl groups excluding tert-OH is 1. The minimum absolute atomic E-state index is 0.0851. The van der Waals surface area contributed by atoms with Crippen LogP contribution in [-0.2, 0) is 10.0 Å². The third kappa shape index (κ3) is 3.67. The van der Waals surface area contributed by atoms with Crippen LogP contribution in [-0.4, -0.2) is 37.2 Å². The summed E-state index contributed by atoms with van der Waals surface area (Å²) in [6, 6.07) is 3.37. The molecule has 1 aromatic rings. The summed E-state index contributed by atoms with van der Waals surface area (Å²) in [6.07, 6.45) is -0.860. The normalized spacial score (nSPS) is 13.3. The lowest BCUT2D eigenvalue weighted by Crippen LogP contribution is -2.31. The average Bonchev–Trinajstić information content (AvgIpc) is 2.26. The van der Waals surface area contributed by atoms with Crippen LogP contribution in [0, 0.1) is 0 Å². The Bertz CT molecular complexity index is 555. The molecule has 0 aliphatic carbocycles. The van der Waals surface area contributed by atoms with E-state index in [1.54, 1.807) is 0 Å². The third-order valence-corrected chi connectivity index (χ3v) is 3.94. The quantitative estimate of drug-likeness (QED) is 0.741. The first kappa shape index (κ1) is 14.9. The molecule has 0 amide bonds. The van der Waals surface area contributed by atoms with Crippen molar-refractivity contribution in [2.75, 3.05) is 6.54 Å². The molecule has 18 heavy (non-hydrogen) atoms. The summed E-state index contributed by atoms with van der Waals surface area (Å²) in [7, 11) is -3.95. The van der Waals surface area contributed by atoms with E-state index >= 15 is 0 Å². The van der Waals surface area contributed by atoms with E-state index in [9.17, 15) is 13.2 Å². The molecule has 0 saturated heterocycles. The van der Waals surface area contributed by atoms with Crippen molar-refractivity contribution in [3.8, 4) is 0 Å². The van der Waals surface area contributed by atoms with Crippen molar-refractivity contribution in [3.63, 3.8) is 0 Å². The van der Waals surface area contributed by atoms with E-state index in [0.717, 1.165) is 6.07 Å². The van der Waals surface area contributed by atoms with Crippen LogP contribution >= 0.6 is 11.6 Å². The monoisotopic (exact) mass is 293 g/mol. The Labute approximate surface area is 109 Å². The summed E-state index contributed by atoms with van der Waals surface area (Å²) >= 11 is 5.73. The Morgan fingerprint density at radius 3 is 2.61 bits per heavy atom. The zero-order chi connectivity index (χ0) is 13.9. The molecule has 0 aliphatic rings. The lowest BCUT2D eigenvalue weighted by Gasteiger charge is -2.10. The van der Waals surface area contributed by atoms with Gasteiger partial charge in [0.15, 0.2) is 0 Å². The number of carboxylic acids is 1. The van der Waals surface area contributed by atoms with Crippen LogP contribution in [0.3, 0.4) is 0 Å². The molecule has 0 fully saturated rings. The molecule has 0 radical (unpaired) electrons. The first-order valence-corrected chi connectivity index (χ1v) is 6.80. The first-order chi connectivity index (χ1) is 8.24. The van der Waals surface area contributed by atoms with Gasteiger partial charge < -0.3 is 10.2 Å². The number of sulfonamides is 1. The number of aliphatic hydroxyl groups is 1. The Balaban J connectivity index is 3.15. The number of nitrogens with one attached hydrogen (secondary N) is 1. The molecule has 1 aromatic carbocycles. The van der Waals surface area contributed by atoms with Crippen LogP contribution in [0.15, 0.2) is 23.1 Å². The summed E-state index contributed by atoms with van der Waals surface area (Å²) < 4.78 is 25.8. The fraction of sp³-hybridized carbons (Fsp3) is 0.300. The van der Waals surface area contributed by atoms with Crippen LogP contribution in [0.2, 0.25) is 5.02 Å². The van der Waals surface area contributed by atoms with E-state index in [2.05, 4.69) is 4.72 Å². The first-order valence-electron chi connectivity index (χ1n) is 4.94. The third-order valence-electron chi connectivity index (χ3n) is 2.04. The number of hydrogen-bond donors (Lipinski definition) is 3. The van der Waals surface area contributed by atoms with Crippen LogP contribution in [0.25, 0.3) is 0 Å². The predicted molar refractivity (Wildman–Crippen MR) is 65.3 cm³/mol. The molecule has 0 aliphatic heterocycles. The van der Waals surface area contributed by atoms with Gasteiger partial charge in [0, 0.05) is 6.54 Å². The van der Waals surface area contributed by atoms with Crippen molar-refractivity contribution < 1.29 is 23.4 Å². The number of rotatable bonds is 5. The summed E-state index contributed by atoms with van der Waals surface area (Å²) in [5.41, 5.74) is -0.183. The summed E-state index contributed by atoms with van der Waals surface area (Å²) in [5, 5.41) is 17.7. The minimum atomic E-state index is -3.95. The molecule has 6 nitrogen and oxygen atoms in total. The van der Waals surface area contributed by atoms with Crippen LogP contribution in [0.5, 0.6) is 0 Å². The van der Waals surface area contributed by atoms with E-state index < -0.39 is 22.1 Å². The number of carboxylic acid groups (broad SMARTS) is 1. The zero-order valence-electron chi connectivity index (χ0n) is 9.42. The number of benzene rings is 1. The second kappa shape index (κ2) is 5.66. The fourth-order valence-electron chi connectivity index (χ4n) is 1.15. The summed E-state index contributed by atoms with van der Waals surface area (Å²) in [6.45, 7) is 1.23. The molecule has 1 atom stereocenters.